The quantitative estimate of drug-likeness (QED) is 0.785. The predicted octanol–water partition coefficient (Wildman–Crippen LogP) is 1.42. The largest absolute Gasteiger partial charge is 0.395 e. The molecule has 0 aliphatic carbocycles. The Balaban J connectivity index is 3.06. The zero-order valence-electron chi connectivity index (χ0n) is 11.1. The van der Waals surface area contributed by atoms with Crippen LogP contribution in [-0.4, -0.2) is 40.8 Å². The van der Waals surface area contributed by atoms with Gasteiger partial charge in [0.25, 0.3) is 0 Å². The van der Waals surface area contributed by atoms with Gasteiger partial charge >= 0.3 is 0 Å². The molecule has 0 aromatic carbocycles. The van der Waals surface area contributed by atoms with Crippen LogP contribution >= 0.6 is 0 Å². The van der Waals surface area contributed by atoms with E-state index in [4.69, 9.17) is 5.11 Å². The van der Waals surface area contributed by atoms with Gasteiger partial charge in [-0.15, -0.1) is 0 Å². The van der Waals surface area contributed by atoms with E-state index >= 15 is 0 Å². The molecule has 0 saturated carbocycles. The van der Waals surface area contributed by atoms with Crippen LogP contribution in [0.2, 0.25) is 0 Å². The Kier molecular flexibility index (Phi) is 5.15. The molecule has 17 heavy (non-hydrogen) atoms. The van der Waals surface area contributed by atoms with Gasteiger partial charge in [-0.05, 0) is 27.7 Å². The molecule has 5 heteroatoms. The summed E-state index contributed by atoms with van der Waals surface area (Å²) >= 11 is 0. The molecule has 2 N–H and O–H groups in total. The van der Waals surface area contributed by atoms with Crippen LogP contribution in [0.5, 0.6) is 0 Å². The van der Waals surface area contributed by atoms with E-state index in [2.05, 4.69) is 34.0 Å². The first-order chi connectivity index (χ1) is 8.11. The lowest BCUT2D eigenvalue weighted by molar-refractivity contribution is 0.298. The first-order valence-corrected chi connectivity index (χ1v) is 6.04. The molecule has 0 atom stereocenters. The molecule has 0 aliphatic rings. The predicted molar refractivity (Wildman–Crippen MR) is 70.5 cm³/mol. The number of aliphatic hydroxyl groups is 1. The lowest BCUT2D eigenvalue weighted by Gasteiger charge is -2.28. The zero-order chi connectivity index (χ0) is 12.8. The monoisotopic (exact) mass is 238 g/mol. The molecule has 1 rings (SSSR count). The van der Waals surface area contributed by atoms with Crippen LogP contribution < -0.4 is 10.2 Å². The number of hydrogen-bond acceptors (Lipinski definition) is 5. The fourth-order valence-corrected chi connectivity index (χ4v) is 1.79. The Morgan fingerprint density at radius 1 is 1.41 bits per heavy atom. The Bertz CT molecular complexity index is 354. The smallest absolute Gasteiger partial charge is 0.137 e. The van der Waals surface area contributed by atoms with Crippen molar-refractivity contribution in [1.29, 1.82) is 0 Å². The molecule has 1 aromatic heterocycles. The zero-order valence-corrected chi connectivity index (χ0v) is 11.1. The second kappa shape index (κ2) is 6.39. The number of nitrogens with zero attached hydrogens (tertiary/aromatic N) is 3. The maximum Gasteiger partial charge on any atom is 0.137 e. The summed E-state index contributed by atoms with van der Waals surface area (Å²) in [5, 5.41) is 12.3. The summed E-state index contributed by atoms with van der Waals surface area (Å²) in [7, 11) is 0. The highest BCUT2D eigenvalue weighted by Gasteiger charge is 2.16. The molecule has 0 saturated heterocycles. The van der Waals surface area contributed by atoms with E-state index in [1.807, 2.05) is 13.8 Å². The first kappa shape index (κ1) is 13.7. The summed E-state index contributed by atoms with van der Waals surface area (Å²) in [5.74, 6) is 1.75. The lowest BCUT2D eigenvalue weighted by Crippen LogP contribution is -2.35. The van der Waals surface area contributed by atoms with Gasteiger partial charge in [0.1, 0.15) is 18.0 Å². The number of aromatic nitrogens is 2. The highest BCUT2D eigenvalue weighted by molar-refractivity contribution is 5.58. The summed E-state index contributed by atoms with van der Waals surface area (Å²) in [5.41, 5.74) is 1.02. The summed E-state index contributed by atoms with van der Waals surface area (Å²) in [6.07, 6.45) is 1.56. The number of anilines is 2. The van der Waals surface area contributed by atoms with Gasteiger partial charge in [0.05, 0.1) is 6.61 Å². The minimum absolute atomic E-state index is 0.123. The standard InChI is InChI=1S/C12H22N4O/c1-5-13-11-10(4)12(15-8-14-11)16(6-7-17)9(2)3/h8-9,17H,5-7H2,1-4H3,(H,13,14,15). The van der Waals surface area contributed by atoms with Crippen molar-refractivity contribution in [3.8, 4) is 0 Å². The van der Waals surface area contributed by atoms with Crippen molar-refractivity contribution < 1.29 is 5.11 Å². The molecule has 0 unspecified atom stereocenters. The van der Waals surface area contributed by atoms with E-state index in [0.717, 1.165) is 23.7 Å². The van der Waals surface area contributed by atoms with Gasteiger partial charge < -0.3 is 15.3 Å². The summed E-state index contributed by atoms with van der Waals surface area (Å²) in [6, 6.07) is 0.297. The Morgan fingerprint density at radius 3 is 2.65 bits per heavy atom. The molecule has 5 nitrogen and oxygen atoms in total. The Labute approximate surface area is 103 Å². The van der Waals surface area contributed by atoms with E-state index < -0.39 is 0 Å². The summed E-state index contributed by atoms with van der Waals surface area (Å²) < 4.78 is 0. The van der Waals surface area contributed by atoms with E-state index in [1.54, 1.807) is 6.33 Å². The van der Waals surface area contributed by atoms with E-state index in [1.165, 1.54) is 0 Å². The maximum atomic E-state index is 9.11. The topological polar surface area (TPSA) is 61.3 Å². The van der Waals surface area contributed by atoms with Crippen molar-refractivity contribution in [2.45, 2.75) is 33.7 Å². The fraction of sp³-hybridized carbons (Fsp3) is 0.667. The number of aliphatic hydroxyl groups excluding tert-OH is 1. The van der Waals surface area contributed by atoms with Gasteiger partial charge in [-0.25, -0.2) is 9.97 Å². The molecular weight excluding hydrogens is 216 g/mol. The van der Waals surface area contributed by atoms with Crippen LogP contribution in [0.3, 0.4) is 0 Å². The molecule has 0 radical (unpaired) electrons. The van der Waals surface area contributed by atoms with Crippen LogP contribution in [0.1, 0.15) is 26.3 Å². The summed E-state index contributed by atoms with van der Waals surface area (Å²) in [4.78, 5) is 10.6. The van der Waals surface area contributed by atoms with Gasteiger partial charge in [0.2, 0.25) is 0 Å². The third-order valence-corrected chi connectivity index (χ3v) is 2.64. The van der Waals surface area contributed by atoms with E-state index in [-0.39, 0.29) is 6.61 Å². The maximum absolute atomic E-state index is 9.11. The van der Waals surface area contributed by atoms with Crippen molar-refractivity contribution in [3.63, 3.8) is 0 Å². The van der Waals surface area contributed by atoms with Gasteiger partial charge in [0.15, 0.2) is 0 Å². The number of rotatable bonds is 6. The molecule has 1 aromatic rings. The minimum Gasteiger partial charge on any atom is -0.395 e. The molecule has 0 bridgehead atoms. The lowest BCUT2D eigenvalue weighted by atomic mass is 10.2. The number of nitrogens with one attached hydrogen (secondary N) is 1. The number of hydrogen-bond donors (Lipinski definition) is 2. The molecule has 0 aliphatic heterocycles. The van der Waals surface area contributed by atoms with Crippen molar-refractivity contribution in [2.24, 2.45) is 0 Å². The van der Waals surface area contributed by atoms with Crippen LogP contribution in [0.25, 0.3) is 0 Å². The third kappa shape index (κ3) is 3.30. The second-order valence-corrected chi connectivity index (χ2v) is 4.21. The van der Waals surface area contributed by atoms with Crippen molar-refractivity contribution >= 4 is 11.6 Å². The molecule has 0 fully saturated rings. The van der Waals surface area contributed by atoms with Gasteiger partial charge in [-0.2, -0.15) is 0 Å². The Hall–Kier alpha value is -1.36. The second-order valence-electron chi connectivity index (χ2n) is 4.21. The van der Waals surface area contributed by atoms with Gasteiger partial charge in [-0.3, -0.25) is 0 Å². The average molecular weight is 238 g/mol. The molecule has 1 heterocycles. The van der Waals surface area contributed by atoms with Crippen LogP contribution in [0.4, 0.5) is 11.6 Å². The first-order valence-electron chi connectivity index (χ1n) is 6.04. The van der Waals surface area contributed by atoms with Crippen LogP contribution in [-0.2, 0) is 0 Å². The normalized spacial score (nSPS) is 10.7. The van der Waals surface area contributed by atoms with E-state index in [9.17, 15) is 0 Å². The highest BCUT2D eigenvalue weighted by atomic mass is 16.3. The molecule has 0 amide bonds. The molecule has 96 valence electrons. The fourth-order valence-electron chi connectivity index (χ4n) is 1.79. The van der Waals surface area contributed by atoms with Crippen molar-refractivity contribution in [2.75, 3.05) is 29.9 Å². The van der Waals surface area contributed by atoms with Crippen LogP contribution in [0, 0.1) is 6.92 Å². The SMILES string of the molecule is CCNc1ncnc(N(CCO)C(C)C)c1C. The van der Waals surface area contributed by atoms with Gasteiger partial charge in [0, 0.05) is 24.7 Å². The molecule has 0 spiro atoms. The van der Waals surface area contributed by atoms with Crippen LogP contribution in [0.15, 0.2) is 6.33 Å². The Morgan fingerprint density at radius 2 is 2.12 bits per heavy atom. The third-order valence-electron chi connectivity index (χ3n) is 2.64. The minimum atomic E-state index is 0.123. The van der Waals surface area contributed by atoms with Crippen molar-refractivity contribution in [1.82, 2.24) is 9.97 Å². The highest BCUT2D eigenvalue weighted by Crippen LogP contribution is 2.23. The van der Waals surface area contributed by atoms with Gasteiger partial charge in [-0.1, -0.05) is 0 Å². The average Bonchev–Trinajstić information content (AvgIpc) is 2.29. The van der Waals surface area contributed by atoms with Crippen molar-refractivity contribution in [3.05, 3.63) is 11.9 Å². The summed E-state index contributed by atoms with van der Waals surface area (Å²) in [6.45, 7) is 9.75. The van der Waals surface area contributed by atoms with E-state index in [0.29, 0.717) is 12.6 Å². The molecular formula is C12H22N4O.